The summed E-state index contributed by atoms with van der Waals surface area (Å²) in [5.74, 6) is 2.43. The lowest BCUT2D eigenvalue weighted by Crippen LogP contribution is -2.51. The molecule has 3 rings (SSSR count). The van der Waals surface area contributed by atoms with Crippen molar-refractivity contribution in [3.63, 3.8) is 0 Å². The number of aryl methyl sites for hydroxylation is 3. The maximum absolute atomic E-state index is 13.0. The fourth-order valence-corrected chi connectivity index (χ4v) is 3.14. The Kier molecular flexibility index (Phi) is 3.93. The summed E-state index contributed by atoms with van der Waals surface area (Å²) < 4.78 is 2.10. The number of nitrogens with zero attached hydrogens (tertiary/aromatic N) is 6. The Bertz CT molecular complexity index is 730. The zero-order valence-electron chi connectivity index (χ0n) is 14.3. The van der Waals surface area contributed by atoms with Gasteiger partial charge in [0.25, 0.3) is 5.91 Å². The Morgan fingerprint density at radius 2 is 2.04 bits per heavy atom. The first-order valence-electron chi connectivity index (χ1n) is 7.74. The number of rotatable bonds is 3. The number of imidazole rings is 1. The molecule has 1 unspecified atom stereocenters. The Hall–Kier alpha value is -2.22. The molecule has 0 aliphatic carbocycles. The molecule has 0 radical (unpaired) electrons. The van der Waals surface area contributed by atoms with Crippen LogP contribution in [0.5, 0.6) is 0 Å². The Morgan fingerprint density at radius 3 is 2.65 bits per heavy atom. The molecular weight excluding hydrogens is 294 g/mol. The lowest BCUT2D eigenvalue weighted by molar-refractivity contribution is 0.0536. The number of hydrogen-bond donors (Lipinski definition) is 1. The van der Waals surface area contributed by atoms with Gasteiger partial charge in [0, 0.05) is 18.8 Å². The molecule has 8 heteroatoms. The van der Waals surface area contributed by atoms with Crippen molar-refractivity contribution in [2.24, 2.45) is 0 Å². The van der Waals surface area contributed by atoms with E-state index in [1.807, 2.05) is 39.8 Å². The van der Waals surface area contributed by atoms with Crippen LogP contribution in [0.1, 0.15) is 33.7 Å². The van der Waals surface area contributed by atoms with Crippen LogP contribution in [0.15, 0.2) is 0 Å². The van der Waals surface area contributed by atoms with Crippen molar-refractivity contribution in [3.05, 3.63) is 28.9 Å². The van der Waals surface area contributed by atoms with E-state index in [9.17, 15) is 4.79 Å². The van der Waals surface area contributed by atoms with Gasteiger partial charge in [-0.1, -0.05) is 0 Å². The van der Waals surface area contributed by atoms with Crippen LogP contribution >= 0.6 is 0 Å². The standard InChI is InChI=1S/C15H23N7O/c1-9-14(17-10(2)16-9)15(23)22-8-13-19-18-11(3)21(13)7-12(22)6-20(4)5/h12H,6-8H2,1-5H3,(H,16,17). The molecule has 1 aliphatic rings. The van der Waals surface area contributed by atoms with Gasteiger partial charge in [-0.15, -0.1) is 10.2 Å². The van der Waals surface area contributed by atoms with Crippen molar-refractivity contribution in [2.45, 2.75) is 39.9 Å². The third-order valence-electron chi connectivity index (χ3n) is 4.20. The third kappa shape index (κ3) is 2.86. The van der Waals surface area contributed by atoms with E-state index < -0.39 is 0 Å². The molecule has 3 heterocycles. The average molecular weight is 317 g/mol. The fourth-order valence-electron chi connectivity index (χ4n) is 3.14. The van der Waals surface area contributed by atoms with Crippen LogP contribution < -0.4 is 0 Å². The fraction of sp³-hybridized carbons (Fsp3) is 0.600. The van der Waals surface area contributed by atoms with Crippen molar-refractivity contribution in [1.82, 2.24) is 34.5 Å². The SMILES string of the molecule is Cc1nc(C(=O)N2Cc3nnc(C)n3CC2CN(C)C)c(C)[nH]1. The van der Waals surface area contributed by atoms with Gasteiger partial charge in [-0.3, -0.25) is 4.79 Å². The molecule has 0 aromatic carbocycles. The van der Waals surface area contributed by atoms with E-state index >= 15 is 0 Å². The van der Waals surface area contributed by atoms with Gasteiger partial charge in [-0.05, 0) is 34.9 Å². The Labute approximate surface area is 135 Å². The van der Waals surface area contributed by atoms with Crippen LogP contribution in [0.2, 0.25) is 0 Å². The molecule has 23 heavy (non-hydrogen) atoms. The van der Waals surface area contributed by atoms with Gasteiger partial charge in [-0.25, -0.2) is 4.98 Å². The molecule has 0 saturated carbocycles. The van der Waals surface area contributed by atoms with E-state index in [1.54, 1.807) is 0 Å². The highest BCUT2D eigenvalue weighted by Gasteiger charge is 2.34. The first kappa shape index (κ1) is 15.7. The highest BCUT2D eigenvalue weighted by Crippen LogP contribution is 2.21. The van der Waals surface area contributed by atoms with Crippen molar-refractivity contribution in [2.75, 3.05) is 20.6 Å². The summed E-state index contributed by atoms with van der Waals surface area (Å²) >= 11 is 0. The minimum Gasteiger partial charge on any atom is -0.346 e. The number of H-pyrrole nitrogens is 1. The van der Waals surface area contributed by atoms with Gasteiger partial charge < -0.3 is 19.4 Å². The summed E-state index contributed by atoms with van der Waals surface area (Å²) in [6, 6.07) is 0.0658. The number of amides is 1. The van der Waals surface area contributed by atoms with Crippen LogP contribution in [0.4, 0.5) is 0 Å². The van der Waals surface area contributed by atoms with Gasteiger partial charge in [0.05, 0.1) is 12.6 Å². The highest BCUT2D eigenvalue weighted by atomic mass is 16.2. The monoisotopic (exact) mass is 317 g/mol. The van der Waals surface area contributed by atoms with Crippen LogP contribution in [0.3, 0.4) is 0 Å². The normalized spacial score (nSPS) is 17.7. The molecule has 0 fully saturated rings. The number of nitrogens with one attached hydrogen (secondary N) is 1. The summed E-state index contributed by atoms with van der Waals surface area (Å²) in [6.45, 7) is 7.64. The number of fused-ring (bicyclic) bond motifs is 1. The lowest BCUT2D eigenvalue weighted by Gasteiger charge is -2.37. The van der Waals surface area contributed by atoms with Gasteiger partial charge in [0.2, 0.25) is 0 Å². The van der Waals surface area contributed by atoms with Crippen molar-refractivity contribution in [3.8, 4) is 0 Å². The maximum atomic E-state index is 13.0. The van der Waals surface area contributed by atoms with E-state index in [1.165, 1.54) is 0 Å². The van der Waals surface area contributed by atoms with E-state index in [-0.39, 0.29) is 11.9 Å². The Morgan fingerprint density at radius 1 is 1.30 bits per heavy atom. The zero-order valence-corrected chi connectivity index (χ0v) is 14.3. The third-order valence-corrected chi connectivity index (χ3v) is 4.20. The van der Waals surface area contributed by atoms with Gasteiger partial charge in [-0.2, -0.15) is 0 Å². The summed E-state index contributed by atoms with van der Waals surface area (Å²) in [5.41, 5.74) is 1.30. The van der Waals surface area contributed by atoms with Crippen molar-refractivity contribution in [1.29, 1.82) is 0 Å². The summed E-state index contributed by atoms with van der Waals surface area (Å²) in [6.07, 6.45) is 0. The molecule has 2 aromatic heterocycles. The van der Waals surface area contributed by atoms with Gasteiger partial charge in [0.15, 0.2) is 5.82 Å². The molecule has 0 bridgehead atoms. The zero-order chi connectivity index (χ0) is 16.7. The second-order valence-corrected chi connectivity index (χ2v) is 6.42. The molecule has 1 aliphatic heterocycles. The van der Waals surface area contributed by atoms with Gasteiger partial charge in [0.1, 0.15) is 17.3 Å². The number of aromatic amines is 1. The van der Waals surface area contributed by atoms with Crippen LogP contribution in [-0.4, -0.2) is 67.1 Å². The molecule has 0 spiro atoms. The van der Waals surface area contributed by atoms with Crippen molar-refractivity contribution >= 4 is 5.91 Å². The number of carbonyl (C=O) groups excluding carboxylic acids is 1. The molecule has 2 aromatic rings. The smallest absolute Gasteiger partial charge is 0.275 e. The predicted octanol–water partition coefficient (Wildman–Crippen LogP) is 0.513. The molecule has 1 N–H and O–H groups in total. The summed E-state index contributed by atoms with van der Waals surface area (Å²) in [5, 5.41) is 8.34. The number of likely N-dealkylation sites (N-methyl/N-ethyl adjacent to an activating group) is 1. The quantitative estimate of drug-likeness (QED) is 0.892. The maximum Gasteiger partial charge on any atom is 0.275 e. The number of carbonyl (C=O) groups is 1. The van der Waals surface area contributed by atoms with Crippen LogP contribution in [0, 0.1) is 20.8 Å². The van der Waals surface area contributed by atoms with E-state index in [2.05, 4.69) is 29.6 Å². The molecule has 1 amide bonds. The molecule has 124 valence electrons. The van der Waals surface area contributed by atoms with E-state index in [0.717, 1.165) is 29.7 Å². The predicted molar refractivity (Wildman–Crippen MR) is 85.0 cm³/mol. The second-order valence-electron chi connectivity index (χ2n) is 6.42. The minimum absolute atomic E-state index is 0.0504. The molecule has 8 nitrogen and oxygen atoms in total. The summed E-state index contributed by atoms with van der Waals surface area (Å²) in [7, 11) is 4.03. The van der Waals surface area contributed by atoms with E-state index in [4.69, 9.17) is 0 Å². The van der Waals surface area contributed by atoms with Crippen LogP contribution in [0.25, 0.3) is 0 Å². The molecule has 0 saturated heterocycles. The molecule has 1 atom stereocenters. The topological polar surface area (TPSA) is 82.9 Å². The summed E-state index contributed by atoms with van der Waals surface area (Å²) in [4.78, 5) is 24.4. The first-order chi connectivity index (χ1) is 10.9. The highest BCUT2D eigenvalue weighted by molar-refractivity contribution is 5.93. The number of hydrogen-bond acceptors (Lipinski definition) is 5. The van der Waals surface area contributed by atoms with Gasteiger partial charge >= 0.3 is 0 Å². The van der Waals surface area contributed by atoms with Crippen LogP contribution in [-0.2, 0) is 13.1 Å². The average Bonchev–Trinajstić information content (AvgIpc) is 3.00. The second kappa shape index (κ2) is 5.77. The van der Waals surface area contributed by atoms with E-state index in [0.29, 0.717) is 18.8 Å². The minimum atomic E-state index is -0.0504. The van der Waals surface area contributed by atoms with Crippen molar-refractivity contribution < 1.29 is 4.79 Å². The lowest BCUT2D eigenvalue weighted by atomic mass is 10.1. The first-order valence-corrected chi connectivity index (χ1v) is 7.74. The molecular formula is C15H23N7O. The number of aromatic nitrogens is 5. The Balaban J connectivity index is 1.94. The largest absolute Gasteiger partial charge is 0.346 e.